The summed E-state index contributed by atoms with van der Waals surface area (Å²) in [5.41, 5.74) is 0.773. The van der Waals surface area contributed by atoms with Crippen molar-refractivity contribution in [2.24, 2.45) is 0 Å². The molecule has 2 rings (SSSR count). The van der Waals surface area contributed by atoms with Gasteiger partial charge in [0.15, 0.2) is 15.6 Å². The number of sulfone groups is 1. The van der Waals surface area contributed by atoms with E-state index in [1.54, 1.807) is 11.3 Å². The zero-order valence-corrected chi connectivity index (χ0v) is 13.1. The Morgan fingerprint density at radius 1 is 1.47 bits per heavy atom. The maximum absolute atomic E-state index is 12.2. The number of nitrogens with zero attached hydrogens (tertiary/aromatic N) is 1. The normalized spacial score (nSPS) is 22.0. The van der Waals surface area contributed by atoms with Gasteiger partial charge in [-0.1, -0.05) is 0 Å². The van der Waals surface area contributed by atoms with Gasteiger partial charge in [-0.05, 0) is 33.4 Å². The Kier molecular flexibility index (Phi) is 4.13. The molecule has 6 heteroatoms. The van der Waals surface area contributed by atoms with E-state index in [2.05, 4.69) is 0 Å². The van der Waals surface area contributed by atoms with Crippen LogP contribution in [0.1, 0.15) is 26.5 Å². The van der Waals surface area contributed by atoms with Crippen molar-refractivity contribution in [1.29, 1.82) is 0 Å². The van der Waals surface area contributed by atoms with Gasteiger partial charge in [0.2, 0.25) is 0 Å². The minimum absolute atomic E-state index is 0.0195. The van der Waals surface area contributed by atoms with Crippen LogP contribution in [0.25, 0.3) is 0 Å². The van der Waals surface area contributed by atoms with E-state index >= 15 is 0 Å². The van der Waals surface area contributed by atoms with Crippen LogP contribution in [0.3, 0.4) is 0 Å². The topological polar surface area (TPSA) is 54.5 Å². The van der Waals surface area contributed by atoms with Crippen LogP contribution in [0.2, 0.25) is 0 Å². The Bertz CT molecular complexity index is 589. The van der Waals surface area contributed by atoms with E-state index in [1.807, 2.05) is 31.9 Å². The number of likely N-dealkylation sites (N-methyl/N-ethyl adjacent to an activating group) is 1. The standard InChI is InChI=1S/C13H19NO3S2/c1-9-6-12(10(2)18-9)13(15)7-14(3)11-4-5-19(16,17)8-11/h6,11H,4-5,7-8H2,1-3H3. The van der Waals surface area contributed by atoms with Gasteiger partial charge in [-0.15, -0.1) is 11.3 Å². The molecule has 19 heavy (non-hydrogen) atoms. The molecule has 1 atom stereocenters. The fourth-order valence-corrected chi connectivity index (χ4v) is 5.22. The molecule has 0 saturated carbocycles. The smallest absolute Gasteiger partial charge is 0.177 e. The maximum Gasteiger partial charge on any atom is 0.177 e. The van der Waals surface area contributed by atoms with Crippen LogP contribution < -0.4 is 0 Å². The highest BCUT2D eigenvalue weighted by atomic mass is 32.2. The molecule has 1 aromatic rings. The summed E-state index contributed by atoms with van der Waals surface area (Å²) < 4.78 is 22.9. The molecule has 0 N–H and O–H groups in total. The third-order valence-electron chi connectivity index (χ3n) is 3.57. The van der Waals surface area contributed by atoms with Gasteiger partial charge in [0.25, 0.3) is 0 Å². The van der Waals surface area contributed by atoms with Gasteiger partial charge in [0.1, 0.15) is 0 Å². The summed E-state index contributed by atoms with van der Waals surface area (Å²) in [6.07, 6.45) is 0.633. The summed E-state index contributed by atoms with van der Waals surface area (Å²) >= 11 is 1.62. The molecule has 0 spiro atoms. The lowest BCUT2D eigenvalue weighted by Crippen LogP contribution is -2.36. The van der Waals surface area contributed by atoms with Crippen LogP contribution in [-0.4, -0.2) is 50.2 Å². The molecule has 0 amide bonds. The molecule has 0 bridgehead atoms. The van der Waals surface area contributed by atoms with Crippen LogP contribution in [0, 0.1) is 13.8 Å². The Morgan fingerprint density at radius 2 is 2.16 bits per heavy atom. The van der Waals surface area contributed by atoms with Crippen molar-refractivity contribution in [3.8, 4) is 0 Å². The second-order valence-corrected chi connectivity index (χ2v) is 8.91. The monoisotopic (exact) mass is 301 g/mol. The van der Waals surface area contributed by atoms with Gasteiger partial charge in [-0.3, -0.25) is 9.69 Å². The van der Waals surface area contributed by atoms with Crippen molar-refractivity contribution in [2.45, 2.75) is 26.3 Å². The quantitative estimate of drug-likeness (QED) is 0.794. The van der Waals surface area contributed by atoms with E-state index in [0.29, 0.717) is 6.42 Å². The Morgan fingerprint density at radius 3 is 2.63 bits per heavy atom. The number of thiophene rings is 1. The van der Waals surface area contributed by atoms with Crippen LogP contribution >= 0.6 is 11.3 Å². The van der Waals surface area contributed by atoms with E-state index < -0.39 is 9.84 Å². The number of hydrogen-bond donors (Lipinski definition) is 0. The van der Waals surface area contributed by atoms with Gasteiger partial charge < -0.3 is 0 Å². The number of Topliss-reactive ketones (excluding diaryl/α,β-unsaturated/α-hetero) is 1. The minimum Gasteiger partial charge on any atom is -0.295 e. The molecule has 1 saturated heterocycles. The van der Waals surface area contributed by atoms with Gasteiger partial charge in [0.05, 0.1) is 18.1 Å². The van der Waals surface area contributed by atoms with E-state index in [9.17, 15) is 13.2 Å². The molecule has 1 unspecified atom stereocenters. The molecule has 0 radical (unpaired) electrons. The Labute approximate surface area is 118 Å². The number of carbonyl (C=O) groups excluding carboxylic acids is 1. The predicted molar refractivity (Wildman–Crippen MR) is 77.8 cm³/mol. The van der Waals surface area contributed by atoms with Crippen LogP contribution in [-0.2, 0) is 9.84 Å². The van der Waals surface area contributed by atoms with E-state index in [0.717, 1.165) is 15.3 Å². The molecule has 106 valence electrons. The molecule has 1 fully saturated rings. The van der Waals surface area contributed by atoms with Gasteiger partial charge in [-0.25, -0.2) is 8.42 Å². The molecule has 2 heterocycles. The van der Waals surface area contributed by atoms with Crippen molar-refractivity contribution in [3.05, 3.63) is 21.4 Å². The average Bonchev–Trinajstić information content (AvgIpc) is 2.81. The minimum atomic E-state index is -2.90. The highest BCUT2D eigenvalue weighted by Gasteiger charge is 2.31. The van der Waals surface area contributed by atoms with Crippen molar-refractivity contribution in [3.63, 3.8) is 0 Å². The summed E-state index contributed by atoms with van der Waals surface area (Å²) in [5.74, 6) is 0.499. The lowest BCUT2D eigenvalue weighted by atomic mass is 10.1. The number of hydrogen-bond acceptors (Lipinski definition) is 5. The molecular formula is C13H19NO3S2. The zero-order chi connectivity index (χ0) is 14.2. The molecule has 1 aromatic heterocycles. The van der Waals surface area contributed by atoms with Gasteiger partial charge >= 0.3 is 0 Å². The molecular weight excluding hydrogens is 282 g/mol. The number of ketones is 1. The van der Waals surface area contributed by atoms with Crippen molar-refractivity contribution in [1.82, 2.24) is 4.90 Å². The largest absolute Gasteiger partial charge is 0.295 e. The number of rotatable bonds is 4. The predicted octanol–water partition coefficient (Wildman–Crippen LogP) is 1.67. The first kappa shape index (κ1) is 14.7. The second-order valence-electron chi connectivity index (χ2n) is 5.22. The third kappa shape index (κ3) is 3.43. The SMILES string of the molecule is Cc1cc(C(=O)CN(C)C2CCS(=O)(=O)C2)c(C)s1. The van der Waals surface area contributed by atoms with E-state index in [1.165, 1.54) is 0 Å². The first-order chi connectivity index (χ1) is 8.78. The Balaban J connectivity index is 2.02. The second kappa shape index (κ2) is 5.34. The lowest BCUT2D eigenvalue weighted by Gasteiger charge is -2.22. The number of aryl methyl sites for hydroxylation is 2. The van der Waals surface area contributed by atoms with Crippen LogP contribution in [0.4, 0.5) is 0 Å². The highest BCUT2D eigenvalue weighted by Crippen LogP contribution is 2.22. The first-order valence-corrected chi connectivity index (χ1v) is 8.93. The van der Waals surface area contributed by atoms with E-state index in [-0.39, 0.29) is 29.9 Å². The molecule has 1 aliphatic heterocycles. The summed E-state index contributed by atoms with van der Waals surface area (Å²) in [5, 5.41) is 0. The molecule has 1 aliphatic rings. The van der Waals surface area contributed by atoms with E-state index in [4.69, 9.17) is 0 Å². The lowest BCUT2D eigenvalue weighted by molar-refractivity contribution is 0.0926. The third-order valence-corrected chi connectivity index (χ3v) is 6.28. The summed E-state index contributed by atoms with van der Waals surface area (Å²) in [7, 11) is -1.06. The summed E-state index contributed by atoms with van der Waals surface area (Å²) in [6, 6.07) is 1.90. The zero-order valence-electron chi connectivity index (χ0n) is 11.5. The van der Waals surface area contributed by atoms with Crippen molar-refractivity contribution < 1.29 is 13.2 Å². The Hall–Kier alpha value is -0.720. The van der Waals surface area contributed by atoms with Gasteiger partial charge in [-0.2, -0.15) is 0 Å². The fraction of sp³-hybridized carbons (Fsp3) is 0.615. The molecule has 4 nitrogen and oxygen atoms in total. The van der Waals surface area contributed by atoms with Crippen LogP contribution in [0.5, 0.6) is 0 Å². The summed E-state index contributed by atoms with van der Waals surface area (Å²) in [6.45, 7) is 4.23. The van der Waals surface area contributed by atoms with Gasteiger partial charge in [0, 0.05) is 21.4 Å². The van der Waals surface area contributed by atoms with Crippen molar-refractivity contribution >= 4 is 27.0 Å². The highest BCUT2D eigenvalue weighted by molar-refractivity contribution is 7.91. The molecule has 0 aromatic carbocycles. The van der Waals surface area contributed by atoms with Crippen LogP contribution in [0.15, 0.2) is 6.07 Å². The maximum atomic E-state index is 12.2. The van der Waals surface area contributed by atoms with Crippen molar-refractivity contribution in [2.75, 3.05) is 25.1 Å². The average molecular weight is 301 g/mol. The molecule has 0 aliphatic carbocycles. The first-order valence-electron chi connectivity index (χ1n) is 6.29. The summed E-state index contributed by atoms with van der Waals surface area (Å²) in [4.78, 5) is 16.3. The fourth-order valence-electron chi connectivity index (χ4n) is 2.47. The number of carbonyl (C=O) groups is 1.